The summed E-state index contributed by atoms with van der Waals surface area (Å²) in [5, 5.41) is 5.57. The van der Waals surface area contributed by atoms with Crippen LogP contribution in [0.5, 0.6) is 0 Å². The maximum Gasteiger partial charge on any atom is 0.329 e. The number of hydrogen-bond acceptors (Lipinski definition) is 3. The van der Waals surface area contributed by atoms with Crippen molar-refractivity contribution in [3.8, 4) is 0 Å². The molecule has 0 spiro atoms. The van der Waals surface area contributed by atoms with Crippen LogP contribution in [-0.2, 0) is 9.53 Å². The molecule has 0 aromatic heterocycles. The average molecular weight is 268 g/mol. The third-order valence-corrected chi connectivity index (χ3v) is 3.22. The van der Waals surface area contributed by atoms with E-state index in [1.54, 1.807) is 13.0 Å². The third-order valence-electron chi connectivity index (χ3n) is 3.22. The zero-order valence-corrected chi connectivity index (χ0v) is 11.6. The first kappa shape index (κ1) is 15.5. The van der Waals surface area contributed by atoms with E-state index in [1.165, 1.54) is 6.42 Å². The van der Waals surface area contributed by atoms with Crippen molar-refractivity contribution in [2.24, 2.45) is 0 Å². The van der Waals surface area contributed by atoms with Crippen molar-refractivity contribution in [2.45, 2.75) is 57.5 Å². The molecule has 0 aromatic rings. The Kier molecular flexibility index (Phi) is 7.00. The van der Waals surface area contributed by atoms with Crippen LogP contribution >= 0.6 is 0 Å². The number of rotatable bonds is 6. The minimum Gasteiger partial charge on any atom is -0.464 e. The highest BCUT2D eigenvalue weighted by molar-refractivity contribution is 5.83. The monoisotopic (exact) mass is 268 g/mol. The van der Waals surface area contributed by atoms with Gasteiger partial charge in [-0.05, 0) is 26.2 Å². The van der Waals surface area contributed by atoms with Gasteiger partial charge in [-0.2, -0.15) is 0 Å². The first-order chi connectivity index (χ1) is 9.17. The van der Waals surface area contributed by atoms with E-state index >= 15 is 0 Å². The SMILES string of the molecule is C=CCC(NC(=O)NC1CCCCC1)C(=O)OCC. The van der Waals surface area contributed by atoms with E-state index in [2.05, 4.69) is 17.2 Å². The summed E-state index contributed by atoms with van der Waals surface area (Å²) in [7, 11) is 0. The van der Waals surface area contributed by atoms with E-state index in [9.17, 15) is 9.59 Å². The molecular formula is C14H24N2O3. The summed E-state index contributed by atoms with van der Waals surface area (Å²) in [6.45, 7) is 5.63. The smallest absolute Gasteiger partial charge is 0.329 e. The summed E-state index contributed by atoms with van der Waals surface area (Å²) in [6.07, 6.45) is 7.54. The number of esters is 1. The zero-order valence-electron chi connectivity index (χ0n) is 11.6. The van der Waals surface area contributed by atoms with Gasteiger partial charge in [0.2, 0.25) is 0 Å². The fourth-order valence-electron chi connectivity index (χ4n) is 2.26. The van der Waals surface area contributed by atoms with Gasteiger partial charge in [-0.1, -0.05) is 25.3 Å². The van der Waals surface area contributed by atoms with E-state index < -0.39 is 12.0 Å². The van der Waals surface area contributed by atoms with Crippen molar-refractivity contribution < 1.29 is 14.3 Å². The molecule has 5 heteroatoms. The van der Waals surface area contributed by atoms with E-state index in [1.807, 2.05) is 0 Å². The van der Waals surface area contributed by atoms with Crippen LogP contribution in [0.1, 0.15) is 45.4 Å². The van der Waals surface area contributed by atoms with Crippen molar-refractivity contribution >= 4 is 12.0 Å². The Hall–Kier alpha value is -1.52. The number of amides is 2. The molecule has 1 saturated carbocycles. The van der Waals surface area contributed by atoms with Crippen LogP contribution in [0.4, 0.5) is 4.79 Å². The van der Waals surface area contributed by atoms with Crippen LogP contribution < -0.4 is 10.6 Å². The van der Waals surface area contributed by atoms with Crippen LogP contribution in [0.3, 0.4) is 0 Å². The van der Waals surface area contributed by atoms with Gasteiger partial charge in [0, 0.05) is 6.04 Å². The van der Waals surface area contributed by atoms with Crippen LogP contribution in [0.25, 0.3) is 0 Å². The second-order valence-corrected chi connectivity index (χ2v) is 4.78. The molecule has 1 unspecified atom stereocenters. The van der Waals surface area contributed by atoms with Gasteiger partial charge >= 0.3 is 12.0 Å². The molecule has 0 aliphatic heterocycles. The molecule has 19 heavy (non-hydrogen) atoms. The third kappa shape index (κ3) is 5.77. The summed E-state index contributed by atoms with van der Waals surface area (Å²) in [5.41, 5.74) is 0. The van der Waals surface area contributed by atoms with Gasteiger partial charge in [0.25, 0.3) is 0 Å². The lowest BCUT2D eigenvalue weighted by Gasteiger charge is -2.24. The Morgan fingerprint density at radius 1 is 1.37 bits per heavy atom. The first-order valence-electron chi connectivity index (χ1n) is 7.02. The number of urea groups is 1. The molecule has 1 aliphatic rings. The van der Waals surface area contributed by atoms with Crippen molar-refractivity contribution in [2.75, 3.05) is 6.61 Å². The maximum atomic E-state index is 11.8. The molecule has 1 atom stereocenters. The topological polar surface area (TPSA) is 67.4 Å². The van der Waals surface area contributed by atoms with E-state index in [0.717, 1.165) is 25.7 Å². The predicted octanol–water partition coefficient (Wildman–Crippen LogP) is 2.13. The summed E-state index contributed by atoms with van der Waals surface area (Å²) in [6, 6.07) is -0.729. The van der Waals surface area contributed by atoms with Crippen molar-refractivity contribution in [1.82, 2.24) is 10.6 Å². The normalized spacial score (nSPS) is 17.3. The van der Waals surface area contributed by atoms with Crippen LogP contribution in [0.15, 0.2) is 12.7 Å². The largest absolute Gasteiger partial charge is 0.464 e. The number of hydrogen-bond donors (Lipinski definition) is 2. The minimum absolute atomic E-state index is 0.223. The highest BCUT2D eigenvalue weighted by atomic mass is 16.5. The van der Waals surface area contributed by atoms with Gasteiger partial charge in [0.05, 0.1) is 6.61 Å². The van der Waals surface area contributed by atoms with Gasteiger partial charge in [-0.3, -0.25) is 0 Å². The molecule has 1 fully saturated rings. The highest BCUT2D eigenvalue weighted by Gasteiger charge is 2.22. The second-order valence-electron chi connectivity index (χ2n) is 4.78. The number of carbonyl (C=O) groups excluding carboxylic acids is 2. The molecule has 2 N–H and O–H groups in total. The van der Waals surface area contributed by atoms with Gasteiger partial charge in [0.1, 0.15) is 6.04 Å². The lowest BCUT2D eigenvalue weighted by Crippen LogP contribution is -2.49. The highest BCUT2D eigenvalue weighted by Crippen LogP contribution is 2.17. The lowest BCUT2D eigenvalue weighted by molar-refractivity contribution is -0.145. The van der Waals surface area contributed by atoms with Gasteiger partial charge in [-0.25, -0.2) is 9.59 Å². The predicted molar refractivity (Wildman–Crippen MR) is 73.8 cm³/mol. The minimum atomic E-state index is -0.652. The number of nitrogens with one attached hydrogen (secondary N) is 2. The molecule has 1 aliphatic carbocycles. The van der Waals surface area contributed by atoms with Crippen molar-refractivity contribution in [1.29, 1.82) is 0 Å². The van der Waals surface area contributed by atoms with Crippen LogP contribution in [-0.4, -0.2) is 30.7 Å². The van der Waals surface area contributed by atoms with Crippen LogP contribution in [0.2, 0.25) is 0 Å². The summed E-state index contributed by atoms with van der Waals surface area (Å²) < 4.78 is 4.92. The summed E-state index contributed by atoms with van der Waals surface area (Å²) >= 11 is 0. The fourth-order valence-corrected chi connectivity index (χ4v) is 2.26. The molecule has 2 amide bonds. The van der Waals surface area contributed by atoms with E-state index in [4.69, 9.17) is 4.74 Å². The zero-order chi connectivity index (χ0) is 14.1. The van der Waals surface area contributed by atoms with Gasteiger partial charge in [0.15, 0.2) is 0 Å². The molecule has 0 saturated heterocycles. The number of ether oxygens (including phenoxy) is 1. The Balaban J connectivity index is 2.41. The van der Waals surface area contributed by atoms with E-state index in [-0.39, 0.29) is 12.1 Å². The van der Waals surface area contributed by atoms with Crippen molar-refractivity contribution in [3.63, 3.8) is 0 Å². The van der Waals surface area contributed by atoms with E-state index in [0.29, 0.717) is 13.0 Å². The van der Waals surface area contributed by atoms with Crippen LogP contribution in [0, 0.1) is 0 Å². The van der Waals surface area contributed by atoms with Crippen molar-refractivity contribution in [3.05, 3.63) is 12.7 Å². The molecule has 0 bridgehead atoms. The van der Waals surface area contributed by atoms with Gasteiger partial charge in [-0.15, -0.1) is 6.58 Å². The van der Waals surface area contributed by atoms with Gasteiger partial charge < -0.3 is 15.4 Å². The maximum absolute atomic E-state index is 11.8. The summed E-state index contributed by atoms with van der Waals surface area (Å²) in [4.78, 5) is 23.5. The molecule has 1 rings (SSSR count). The molecule has 108 valence electrons. The quantitative estimate of drug-likeness (QED) is 0.573. The molecule has 0 aromatic carbocycles. The number of carbonyl (C=O) groups is 2. The lowest BCUT2D eigenvalue weighted by atomic mass is 9.96. The average Bonchev–Trinajstić information content (AvgIpc) is 2.39. The molecule has 5 nitrogen and oxygen atoms in total. The Labute approximate surface area is 114 Å². The Morgan fingerprint density at radius 3 is 2.63 bits per heavy atom. The fraction of sp³-hybridized carbons (Fsp3) is 0.714. The summed E-state index contributed by atoms with van der Waals surface area (Å²) in [5.74, 6) is -0.416. The molecular weight excluding hydrogens is 244 g/mol. The molecule has 0 heterocycles. The second kappa shape index (κ2) is 8.56. The molecule has 0 radical (unpaired) electrons. The Bertz CT molecular complexity index is 312. The Morgan fingerprint density at radius 2 is 2.05 bits per heavy atom. The standard InChI is InChI=1S/C14H24N2O3/c1-3-8-12(13(17)19-4-2)16-14(18)15-11-9-6-5-7-10-11/h3,11-12H,1,4-10H2,2H3,(H2,15,16,18). The first-order valence-corrected chi connectivity index (χ1v) is 7.02.